The minimum atomic E-state index is 0.824. The van der Waals surface area contributed by atoms with Gasteiger partial charge in [0.25, 0.3) is 0 Å². The van der Waals surface area contributed by atoms with Crippen LogP contribution >= 0.6 is 0 Å². The van der Waals surface area contributed by atoms with Crippen LogP contribution in [-0.2, 0) is 0 Å². The maximum atomic E-state index is 5.14. The van der Waals surface area contributed by atoms with E-state index in [1.54, 1.807) is 0 Å². The minimum absolute atomic E-state index is 0.824. The summed E-state index contributed by atoms with van der Waals surface area (Å²) in [7, 11) is 0. The second kappa shape index (κ2) is 3.43. The monoisotopic (exact) mass is 124 g/mol. The van der Waals surface area contributed by atoms with Gasteiger partial charge in [-0.3, -0.25) is 11.3 Å². The molecule has 1 aliphatic carbocycles. The smallest absolute Gasteiger partial charge is 0.0311 e. The molecule has 0 bridgehead atoms. The van der Waals surface area contributed by atoms with Crippen molar-refractivity contribution in [1.82, 2.24) is 5.43 Å². The Balaban J connectivity index is 2.38. The van der Waals surface area contributed by atoms with Gasteiger partial charge in [-0.15, -0.1) is 0 Å². The molecule has 0 radical (unpaired) electrons. The molecule has 1 aliphatic rings. The molecule has 0 spiro atoms. The second-order valence-electron chi connectivity index (χ2n) is 2.17. The zero-order chi connectivity index (χ0) is 6.53. The van der Waals surface area contributed by atoms with Crippen molar-refractivity contribution < 1.29 is 0 Å². The number of hydrogen-bond donors (Lipinski definition) is 2. The van der Waals surface area contributed by atoms with Crippen LogP contribution in [0.2, 0.25) is 0 Å². The lowest BCUT2D eigenvalue weighted by atomic mass is 10.1. The highest BCUT2D eigenvalue weighted by molar-refractivity contribution is 5.18. The number of allylic oxidation sites excluding steroid dienone is 3. The van der Waals surface area contributed by atoms with Gasteiger partial charge in [-0.2, -0.15) is 0 Å². The summed E-state index contributed by atoms with van der Waals surface area (Å²) < 4.78 is 0. The van der Waals surface area contributed by atoms with Crippen molar-refractivity contribution in [2.45, 2.75) is 12.8 Å². The van der Waals surface area contributed by atoms with E-state index in [1.165, 1.54) is 5.57 Å². The zero-order valence-corrected chi connectivity index (χ0v) is 5.43. The molecule has 3 N–H and O–H groups in total. The molecule has 0 atom stereocenters. The first-order valence-electron chi connectivity index (χ1n) is 3.21. The lowest BCUT2D eigenvalue weighted by Crippen LogP contribution is -2.24. The Kier molecular flexibility index (Phi) is 2.48. The average Bonchev–Trinajstić information content (AvgIpc) is 1.91. The molecule has 0 saturated carbocycles. The van der Waals surface area contributed by atoms with Crippen molar-refractivity contribution in [3.8, 4) is 0 Å². The number of nitrogens with one attached hydrogen (secondary N) is 1. The molecule has 0 aliphatic heterocycles. The van der Waals surface area contributed by atoms with Gasteiger partial charge < -0.3 is 0 Å². The molecule has 0 aromatic rings. The fourth-order valence-electron chi connectivity index (χ4n) is 0.931. The molecule has 50 valence electrons. The van der Waals surface area contributed by atoms with Crippen molar-refractivity contribution in [2.24, 2.45) is 5.84 Å². The van der Waals surface area contributed by atoms with Crippen molar-refractivity contribution in [2.75, 3.05) is 6.54 Å². The summed E-state index contributed by atoms with van der Waals surface area (Å²) in [5.74, 6) is 5.14. The molecule has 2 heteroatoms. The molecular weight excluding hydrogens is 112 g/mol. The van der Waals surface area contributed by atoms with E-state index in [0.717, 1.165) is 19.4 Å². The van der Waals surface area contributed by atoms with Gasteiger partial charge in [-0.25, -0.2) is 0 Å². The topological polar surface area (TPSA) is 38.0 Å². The summed E-state index contributed by atoms with van der Waals surface area (Å²) >= 11 is 0. The van der Waals surface area contributed by atoms with E-state index in [2.05, 4.69) is 23.7 Å². The summed E-state index contributed by atoms with van der Waals surface area (Å²) in [6.45, 7) is 0.824. The summed E-state index contributed by atoms with van der Waals surface area (Å²) in [5, 5.41) is 0. The molecule has 0 aromatic carbocycles. The van der Waals surface area contributed by atoms with Crippen LogP contribution in [0, 0.1) is 0 Å². The maximum Gasteiger partial charge on any atom is 0.0311 e. The summed E-state index contributed by atoms with van der Waals surface area (Å²) in [6, 6.07) is 0. The van der Waals surface area contributed by atoms with Gasteiger partial charge in [0, 0.05) is 6.54 Å². The summed E-state index contributed by atoms with van der Waals surface area (Å²) in [5.41, 5.74) is 4.02. The van der Waals surface area contributed by atoms with Crippen LogP contribution in [0.5, 0.6) is 0 Å². The molecule has 1 rings (SSSR count). The molecule has 0 saturated heterocycles. The standard InChI is InChI=1S/C7H12N2/c8-9-6-7-4-2-1-3-5-7/h1-2,4,9H,3,5-6,8H2. The highest BCUT2D eigenvalue weighted by atomic mass is 15.2. The van der Waals surface area contributed by atoms with Gasteiger partial charge in [-0.05, 0) is 12.8 Å². The van der Waals surface area contributed by atoms with E-state index in [-0.39, 0.29) is 0 Å². The van der Waals surface area contributed by atoms with Gasteiger partial charge in [-0.1, -0.05) is 23.8 Å². The van der Waals surface area contributed by atoms with E-state index >= 15 is 0 Å². The third-order valence-electron chi connectivity index (χ3n) is 1.43. The third kappa shape index (κ3) is 2.00. The van der Waals surface area contributed by atoms with Gasteiger partial charge in [0.05, 0.1) is 0 Å². The van der Waals surface area contributed by atoms with Crippen LogP contribution in [0.4, 0.5) is 0 Å². The zero-order valence-electron chi connectivity index (χ0n) is 5.43. The molecule has 0 unspecified atom stereocenters. The maximum absolute atomic E-state index is 5.14. The predicted octanol–water partition coefficient (Wildman–Crippen LogP) is 0.726. The normalized spacial score (nSPS) is 17.7. The van der Waals surface area contributed by atoms with Crippen LogP contribution in [0.15, 0.2) is 23.8 Å². The van der Waals surface area contributed by atoms with Crippen LogP contribution < -0.4 is 11.3 Å². The Morgan fingerprint density at radius 1 is 1.67 bits per heavy atom. The Labute approximate surface area is 55.4 Å². The van der Waals surface area contributed by atoms with Crippen LogP contribution in [0.25, 0.3) is 0 Å². The Hall–Kier alpha value is -0.600. The van der Waals surface area contributed by atoms with Gasteiger partial charge >= 0.3 is 0 Å². The summed E-state index contributed by atoms with van der Waals surface area (Å²) in [6.07, 6.45) is 8.67. The quantitative estimate of drug-likeness (QED) is 0.420. The number of rotatable bonds is 2. The SMILES string of the molecule is NNCC1=CC=CCC1. The fourth-order valence-corrected chi connectivity index (χ4v) is 0.931. The van der Waals surface area contributed by atoms with E-state index < -0.39 is 0 Å². The highest BCUT2D eigenvalue weighted by Gasteiger charge is 1.95. The Bertz CT molecular complexity index is 136. The van der Waals surface area contributed by atoms with Crippen LogP contribution in [0.1, 0.15) is 12.8 Å². The second-order valence-corrected chi connectivity index (χ2v) is 2.17. The van der Waals surface area contributed by atoms with E-state index in [4.69, 9.17) is 5.84 Å². The fraction of sp³-hybridized carbons (Fsp3) is 0.429. The van der Waals surface area contributed by atoms with E-state index in [0.29, 0.717) is 0 Å². The van der Waals surface area contributed by atoms with E-state index in [9.17, 15) is 0 Å². The molecule has 0 heterocycles. The molecule has 2 nitrogen and oxygen atoms in total. The van der Waals surface area contributed by atoms with Crippen LogP contribution in [0.3, 0.4) is 0 Å². The van der Waals surface area contributed by atoms with Crippen LogP contribution in [-0.4, -0.2) is 6.54 Å². The third-order valence-corrected chi connectivity index (χ3v) is 1.43. The first-order valence-corrected chi connectivity index (χ1v) is 3.21. The van der Waals surface area contributed by atoms with Crippen molar-refractivity contribution in [1.29, 1.82) is 0 Å². The first kappa shape index (κ1) is 6.52. The van der Waals surface area contributed by atoms with Gasteiger partial charge in [0.2, 0.25) is 0 Å². The lowest BCUT2D eigenvalue weighted by Gasteiger charge is -2.06. The number of hydrogen-bond acceptors (Lipinski definition) is 2. The molecular formula is C7H12N2. The van der Waals surface area contributed by atoms with Gasteiger partial charge in [0.1, 0.15) is 0 Å². The average molecular weight is 124 g/mol. The number of hydrazine groups is 1. The van der Waals surface area contributed by atoms with Crippen molar-refractivity contribution in [3.63, 3.8) is 0 Å². The lowest BCUT2D eigenvalue weighted by molar-refractivity contribution is 0.758. The first-order chi connectivity index (χ1) is 4.43. The van der Waals surface area contributed by atoms with Crippen molar-refractivity contribution in [3.05, 3.63) is 23.8 Å². The highest BCUT2D eigenvalue weighted by Crippen LogP contribution is 2.09. The number of nitrogens with two attached hydrogens (primary N) is 1. The van der Waals surface area contributed by atoms with Gasteiger partial charge in [0.15, 0.2) is 0 Å². The van der Waals surface area contributed by atoms with E-state index in [1.807, 2.05) is 0 Å². The minimum Gasteiger partial charge on any atom is -0.271 e. The Morgan fingerprint density at radius 3 is 3.11 bits per heavy atom. The summed E-state index contributed by atoms with van der Waals surface area (Å²) in [4.78, 5) is 0. The van der Waals surface area contributed by atoms with Crippen molar-refractivity contribution >= 4 is 0 Å². The Morgan fingerprint density at radius 2 is 2.56 bits per heavy atom. The molecule has 9 heavy (non-hydrogen) atoms. The predicted molar refractivity (Wildman–Crippen MR) is 38.6 cm³/mol. The molecule has 0 fully saturated rings. The largest absolute Gasteiger partial charge is 0.271 e. The molecule has 0 aromatic heterocycles. The molecule has 0 amide bonds.